The van der Waals surface area contributed by atoms with Gasteiger partial charge in [-0.15, -0.1) is 0 Å². The van der Waals surface area contributed by atoms with Gasteiger partial charge in [0.05, 0.1) is 48.6 Å². The van der Waals surface area contributed by atoms with E-state index >= 15 is 0 Å². The Bertz CT molecular complexity index is 2640. The molecule has 76 heavy (non-hydrogen) atoms. The van der Waals surface area contributed by atoms with Gasteiger partial charge in [-0.3, -0.25) is 9.80 Å². The van der Waals surface area contributed by atoms with Crippen molar-refractivity contribution in [3.05, 3.63) is 121 Å². The SMILES string of the molecule is c1ccc(N2C3CCCC4C3P3C5C2C2C6C(C5N(c5ccccc5)C5CCC7OC8CCCCC8N4C7C53)N(c3ccccc3)C3CCCC4C3P6C3C(CCC5OC6CCCCC6N4C53)N2c2ccccc2)cc1. The van der Waals surface area contributed by atoms with Crippen molar-refractivity contribution in [3.8, 4) is 0 Å². The smallest absolute Gasteiger partial charge is 0.0742 e. The van der Waals surface area contributed by atoms with E-state index < -0.39 is 15.8 Å². The van der Waals surface area contributed by atoms with E-state index in [0.29, 0.717) is 132 Å². The van der Waals surface area contributed by atoms with Crippen molar-refractivity contribution in [1.82, 2.24) is 9.80 Å². The van der Waals surface area contributed by atoms with Gasteiger partial charge in [0.2, 0.25) is 0 Å². The van der Waals surface area contributed by atoms with Gasteiger partial charge in [0.1, 0.15) is 0 Å². The molecule has 4 aromatic carbocycles. The van der Waals surface area contributed by atoms with Gasteiger partial charge in [-0.2, -0.15) is 0 Å². The Balaban J connectivity index is 0.909. The fourth-order valence-corrected chi connectivity index (χ4v) is 33.7. The van der Waals surface area contributed by atoms with Crippen molar-refractivity contribution in [2.45, 2.75) is 259 Å². The molecule has 0 spiro atoms. The summed E-state index contributed by atoms with van der Waals surface area (Å²) in [6, 6.07) is 56.9. The summed E-state index contributed by atoms with van der Waals surface area (Å²) in [4.78, 5) is 20.0. The molecule has 0 aromatic heterocycles. The van der Waals surface area contributed by atoms with Crippen LogP contribution in [0, 0.1) is 0 Å². The Kier molecular flexibility index (Phi) is 10.3. The van der Waals surface area contributed by atoms with Crippen LogP contribution in [-0.2, 0) is 9.47 Å². The van der Waals surface area contributed by atoms with Crippen LogP contribution in [0.3, 0.4) is 0 Å². The average Bonchev–Trinajstić information content (AvgIpc) is 3.57. The maximum absolute atomic E-state index is 7.69. The molecule has 10 heteroatoms. The minimum absolute atomic E-state index is 0.373. The van der Waals surface area contributed by atoms with Gasteiger partial charge < -0.3 is 29.1 Å². The number of rotatable bonds is 4. The summed E-state index contributed by atoms with van der Waals surface area (Å²) in [5.74, 6) is 0. The fourth-order valence-electron chi connectivity index (χ4n) is 23.1. The van der Waals surface area contributed by atoms with Crippen LogP contribution in [0.25, 0.3) is 0 Å². The van der Waals surface area contributed by atoms with Crippen LogP contribution >= 0.6 is 15.8 Å². The van der Waals surface area contributed by atoms with E-state index in [4.69, 9.17) is 9.47 Å². The summed E-state index contributed by atoms with van der Waals surface area (Å²) in [5, 5.41) is 0. The normalized spacial score (nSPS) is 49.6. The predicted molar refractivity (Wildman–Crippen MR) is 309 cm³/mol. The highest BCUT2D eigenvalue weighted by atomic mass is 31.1. The lowest BCUT2D eigenvalue weighted by Crippen LogP contribution is -2.92. The monoisotopic (exact) mass is 1050 g/mol. The van der Waals surface area contributed by atoms with Gasteiger partial charge in [-0.1, -0.05) is 114 Å². The number of anilines is 4. The molecule has 396 valence electrons. The van der Waals surface area contributed by atoms with Gasteiger partial charge in [-0.05, 0) is 138 Å². The van der Waals surface area contributed by atoms with Crippen molar-refractivity contribution in [1.29, 1.82) is 0 Å². The number of ether oxygens (including phenoxy) is 2. The van der Waals surface area contributed by atoms with Crippen molar-refractivity contribution in [2.75, 3.05) is 19.6 Å². The number of hydrogen-bond acceptors (Lipinski definition) is 8. The summed E-state index contributed by atoms with van der Waals surface area (Å²) in [6.07, 6.45) is 25.4. The molecule has 15 aliphatic rings. The largest absolute Gasteiger partial charge is 0.372 e. The van der Waals surface area contributed by atoms with Crippen LogP contribution in [0.15, 0.2) is 121 Å². The van der Waals surface area contributed by atoms with Gasteiger partial charge in [0, 0.05) is 117 Å². The second kappa shape index (κ2) is 17.2. The first-order valence-corrected chi connectivity index (χ1v) is 34.6. The number of benzene rings is 4. The van der Waals surface area contributed by atoms with Crippen LogP contribution in [-0.4, -0.2) is 153 Å². The third kappa shape index (κ3) is 5.94. The lowest BCUT2D eigenvalue weighted by molar-refractivity contribution is -0.196. The minimum atomic E-state index is -0.433. The molecular formula is C66H80N6O2P2. The van der Waals surface area contributed by atoms with Crippen LogP contribution in [0.5, 0.6) is 0 Å². The Morgan fingerprint density at radius 1 is 0.263 bits per heavy atom. The standard InChI is InChI=1S/C66H80N6O2P2/c1-5-19-39(20-6-1)67-45-29-17-31-47-61(45)75-63-50(36-38-53-55(63)71(47)43-27-13-15-33-51(43)73-53)70(42-25-11-4-12-26-42)60-58-66-59(57(67)65(60)75)69(41-23-9-3-10-24-41)49-35-37-54-56-64(49)76(66)62-46(68(58)40-21-7-2-8-22-40)30-18-32-48(62)72(56)44-28-14-16-34-52(44)74-54/h1-12,19-26,43-66H,13-18,27-38H2. The van der Waals surface area contributed by atoms with Crippen LogP contribution in [0.2, 0.25) is 0 Å². The summed E-state index contributed by atoms with van der Waals surface area (Å²) >= 11 is 0. The number of nitrogens with zero attached hydrogens (tertiary/aromatic N) is 6. The Morgan fingerprint density at radius 2 is 0.579 bits per heavy atom. The molecule has 8 aliphatic heterocycles. The maximum Gasteiger partial charge on any atom is 0.0742 e. The van der Waals surface area contributed by atoms with Gasteiger partial charge >= 0.3 is 0 Å². The third-order valence-corrected chi connectivity index (χ3v) is 32.7. The molecule has 7 aliphatic carbocycles. The van der Waals surface area contributed by atoms with Crippen LogP contribution < -0.4 is 19.6 Å². The zero-order valence-electron chi connectivity index (χ0n) is 44.5. The van der Waals surface area contributed by atoms with Gasteiger partial charge in [0.15, 0.2) is 0 Å². The molecule has 0 N–H and O–H groups in total. The van der Waals surface area contributed by atoms with Crippen molar-refractivity contribution in [2.24, 2.45) is 0 Å². The van der Waals surface area contributed by atoms with E-state index in [9.17, 15) is 0 Å². The Hall–Kier alpha value is -3.22. The van der Waals surface area contributed by atoms with Crippen LogP contribution in [0.4, 0.5) is 22.7 Å². The predicted octanol–water partition coefficient (Wildman–Crippen LogP) is 11.7. The quantitative estimate of drug-likeness (QED) is 0.187. The van der Waals surface area contributed by atoms with Crippen molar-refractivity contribution < 1.29 is 9.47 Å². The summed E-state index contributed by atoms with van der Waals surface area (Å²) in [6.45, 7) is 0. The van der Waals surface area contributed by atoms with E-state index in [0.717, 1.165) is 11.3 Å². The molecule has 7 saturated carbocycles. The van der Waals surface area contributed by atoms with E-state index in [1.165, 1.54) is 138 Å². The number of hydrogen-bond donors (Lipinski definition) is 0. The average molecular weight is 1050 g/mol. The second-order valence-corrected chi connectivity index (χ2v) is 32.6. The first-order chi connectivity index (χ1) is 37.8. The first-order valence-electron chi connectivity index (χ1n) is 31.5. The number of morpholine rings is 2. The molecule has 0 amide bonds. The highest BCUT2D eigenvalue weighted by Gasteiger charge is 2.80. The molecule has 26 atom stereocenters. The Morgan fingerprint density at radius 3 is 0.947 bits per heavy atom. The first kappa shape index (κ1) is 45.5. The zero-order valence-corrected chi connectivity index (χ0v) is 46.3. The number of fused-ring (bicyclic) bond motifs is 8. The second-order valence-electron chi connectivity index (χ2n) is 27.2. The summed E-state index contributed by atoms with van der Waals surface area (Å²) in [5.41, 5.74) is 10.0. The topological polar surface area (TPSA) is 37.9 Å². The van der Waals surface area contributed by atoms with E-state index in [-0.39, 0.29) is 0 Å². The van der Waals surface area contributed by atoms with E-state index in [1.54, 1.807) is 0 Å². The van der Waals surface area contributed by atoms with Crippen molar-refractivity contribution >= 4 is 38.6 Å². The van der Waals surface area contributed by atoms with Crippen LogP contribution in [0.1, 0.15) is 116 Å². The Labute approximate surface area is 455 Å². The molecule has 8 heterocycles. The molecule has 0 radical (unpaired) electrons. The lowest BCUT2D eigenvalue weighted by Gasteiger charge is -2.82. The third-order valence-electron chi connectivity index (χ3n) is 24.7. The molecule has 4 aromatic rings. The molecule has 0 bridgehead atoms. The lowest BCUT2D eigenvalue weighted by atomic mass is 9.69. The maximum atomic E-state index is 7.69. The van der Waals surface area contributed by atoms with E-state index in [1.807, 2.05) is 0 Å². The van der Waals surface area contributed by atoms with E-state index in [2.05, 4.69) is 151 Å². The van der Waals surface area contributed by atoms with Gasteiger partial charge in [-0.25, -0.2) is 0 Å². The highest BCUT2D eigenvalue weighted by Crippen LogP contribution is 2.80. The molecular weight excluding hydrogens is 971 g/mol. The summed E-state index contributed by atoms with van der Waals surface area (Å²) < 4.78 is 15.4. The molecule has 26 unspecified atom stereocenters. The zero-order chi connectivity index (χ0) is 49.1. The molecule has 8 saturated heterocycles. The summed E-state index contributed by atoms with van der Waals surface area (Å²) in [7, 11) is -0.866. The number of para-hydroxylation sites is 4. The minimum Gasteiger partial charge on any atom is -0.372 e. The highest BCUT2D eigenvalue weighted by molar-refractivity contribution is 7.61. The van der Waals surface area contributed by atoms with Crippen molar-refractivity contribution in [3.63, 3.8) is 0 Å². The molecule has 15 fully saturated rings. The molecule has 8 nitrogen and oxygen atoms in total. The van der Waals surface area contributed by atoms with Gasteiger partial charge in [0.25, 0.3) is 0 Å². The fraction of sp³-hybridized carbons (Fsp3) is 0.636. The molecule has 19 rings (SSSR count).